The van der Waals surface area contributed by atoms with Crippen molar-refractivity contribution in [2.75, 3.05) is 36.9 Å². The first kappa shape index (κ1) is 13.6. The van der Waals surface area contributed by atoms with Crippen molar-refractivity contribution < 1.29 is 4.79 Å². The predicted molar refractivity (Wildman–Crippen MR) is 76.8 cm³/mol. The number of thioether (sulfide) groups is 2. The second-order valence-corrected chi connectivity index (χ2v) is 7.23. The van der Waals surface area contributed by atoms with Gasteiger partial charge in [-0.05, 0) is 6.42 Å². The molecule has 17 heavy (non-hydrogen) atoms. The van der Waals surface area contributed by atoms with E-state index in [2.05, 4.69) is 17.1 Å². The van der Waals surface area contributed by atoms with Crippen LogP contribution >= 0.6 is 23.5 Å². The fourth-order valence-electron chi connectivity index (χ4n) is 2.28. The Kier molecular flexibility index (Phi) is 5.50. The molecule has 0 bridgehead atoms. The molecule has 2 rings (SSSR count). The first-order valence-corrected chi connectivity index (χ1v) is 8.70. The van der Waals surface area contributed by atoms with Crippen LogP contribution in [0.2, 0.25) is 0 Å². The van der Waals surface area contributed by atoms with Crippen molar-refractivity contribution in [3.8, 4) is 0 Å². The van der Waals surface area contributed by atoms with Gasteiger partial charge in [0.1, 0.15) is 0 Å². The fraction of sp³-hybridized carbons (Fsp3) is 0.917. The van der Waals surface area contributed by atoms with Gasteiger partial charge >= 0.3 is 0 Å². The van der Waals surface area contributed by atoms with Gasteiger partial charge in [-0.1, -0.05) is 6.92 Å². The van der Waals surface area contributed by atoms with E-state index < -0.39 is 0 Å². The van der Waals surface area contributed by atoms with Crippen molar-refractivity contribution in [2.45, 2.75) is 31.1 Å². The van der Waals surface area contributed by atoms with Gasteiger partial charge in [-0.3, -0.25) is 4.79 Å². The van der Waals surface area contributed by atoms with E-state index in [1.54, 1.807) is 0 Å². The second-order valence-electron chi connectivity index (χ2n) is 4.67. The van der Waals surface area contributed by atoms with Gasteiger partial charge in [-0.15, -0.1) is 0 Å². The molecule has 0 saturated carbocycles. The minimum absolute atomic E-state index is 0.351. The molecular weight excluding hydrogens is 252 g/mol. The number of carbonyl (C=O) groups is 1. The summed E-state index contributed by atoms with van der Waals surface area (Å²) >= 11 is 3.98. The number of carbonyl (C=O) groups excluding carboxylic acids is 1. The standard InChI is InChI=1S/C12H22N2OS2/c1-2-11-8-14(4-6-17-11)12(15)7-10-9-16-5-3-13-10/h10-11,13H,2-9H2,1H3. The van der Waals surface area contributed by atoms with E-state index in [-0.39, 0.29) is 0 Å². The van der Waals surface area contributed by atoms with E-state index in [0.29, 0.717) is 23.6 Å². The highest BCUT2D eigenvalue weighted by Gasteiger charge is 2.25. The molecule has 0 aliphatic carbocycles. The van der Waals surface area contributed by atoms with Crippen LogP contribution in [-0.4, -0.2) is 59.0 Å². The van der Waals surface area contributed by atoms with Crippen LogP contribution < -0.4 is 5.32 Å². The van der Waals surface area contributed by atoms with Gasteiger partial charge in [0.25, 0.3) is 0 Å². The maximum absolute atomic E-state index is 12.2. The number of hydrogen-bond donors (Lipinski definition) is 1. The summed E-state index contributed by atoms with van der Waals surface area (Å²) in [5, 5.41) is 4.09. The number of nitrogens with zero attached hydrogens (tertiary/aromatic N) is 1. The molecule has 0 aromatic carbocycles. The maximum atomic E-state index is 12.2. The summed E-state index contributed by atoms with van der Waals surface area (Å²) in [5.41, 5.74) is 0. The van der Waals surface area contributed by atoms with E-state index >= 15 is 0 Å². The van der Waals surface area contributed by atoms with Crippen LogP contribution in [0.1, 0.15) is 19.8 Å². The Balaban J connectivity index is 1.78. The largest absolute Gasteiger partial charge is 0.341 e. The van der Waals surface area contributed by atoms with E-state index in [1.807, 2.05) is 23.5 Å². The summed E-state index contributed by atoms with van der Waals surface area (Å²) in [6.45, 7) is 5.17. The van der Waals surface area contributed by atoms with Crippen LogP contribution in [0.3, 0.4) is 0 Å². The van der Waals surface area contributed by atoms with E-state index in [9.17, 15) is 4.79 Å². The normalized spacial score (nSPS) is 30.3. The molecule has 1 N–H and O–H groups in total. The van der Waals surface area contributed by atoms with Gasteiger partial charge in [0.2, 0.25) is 5.91 Å². The van der Waals surface area contributed by atoms with E-state index in [1.165, 1.54) is 12.2 Å². The molecule has 2 saturated heterocycles. The quantitative estimate of drug-likeness (QED) is 0.844. The van der Waals surface area contributed by atoms with Crippen LogP contribution in [0.25, 0.3) is 0 Å². The lowest BCUT2D eigenvalue weighted by molar-refractivity contribution is -0.131. The first-order valence-electron chi connectivity index (χ1n) is 6.50. The molecule has 2 unspecified atom stereocenters. The van der Waals surface area contributed by atoms with Gasteiger partial charge in [-0.2, -0.15) is 23.5 Å². The maximum Gasteiger partial charge on any atom is 0.224 e. The molecule has 2 fully saturated rings. The molecule has 1 amide bonds. The molecule has 3 nitrogen and oxygen atoms in total. The molecule has 5 heteroatoms. The summed E-state index contributed by atoms with van der Waals surface area (Å²) in [6.07, 6.45) is 1.86. The van der Waals surface area contributed by atoms with Gasteiger partial charge in [-0.25, -0.2) is 0 Å². The molecule has 2 heterocycles. The summed E-state index contributed by atoms with van der Waals surface area (Å²) < 4.78 is 0. The monoisotopic (exact) mass is 274 g/mol. The summed E-state index contributed by atoms with van der Waals surface area (Å²) in [5.74, 6) is 3.73. The Hall–Kier alpha value is 0.130. The lowest BCUT2D eigenvalue weighted by Gasteiger charge is -2.33. The molecule has 0 radical (unpaired) electrons. The summed E-state index contributed by atoms with van der Waals surface area (Å²) in [7, 11) is 0. The molecule has 2 aliphatic heterocycles. The highest BCUT2D eigenvalue weighted by Crippen LogP contribution is 2.22. The van der Waals surface area contributed by atoms with Crippen LogP contribution in [0.4, 0.5) is 0 Å². The number of nitrogens with one attached hydrogen (secondary N) is 1. The Morgan fingerprint density at radius 1 is 1.47 bits per heavy atom. The Morgan fingerprint density at radius 2 is 2.35 bits per heavy atom. The van der Waals surface area contributed by atoms with Crippen molar-refractivity contribution in [1.82, 2.24) is 10.2 Å². The SMILES string of the molecule is CCC1CN(C(=O)CC2CSCCN2)CCS1. The highest BCUT2D eigenvalue weighted by molar-refractivity contribution is 8.00. The number of rotatable bonds is 3. The second kappa shape index (κ2) is 6.90. The average Bonchev–Trinajstić information content (AvgIpc) is 2.40. The molecular formula is C12H22N2OS2. The van der Waals surface area contributed by atoms with Crippen LogP contribution in [0, 0.1) is 0 Å². The van der Waals surface area contributed by atoms with Gasteiger partial charge in [0, 0.05) is 54.6 Å². The zero-order chi connectivity index (χ0) is 12.1. The lowest BCUT2D eigenvalue weighted by Crippen LogP contribution is -2.46. The third-order valence-electron chi connectivity index (χ3n) is 3.37. The third-order valence-corrected chi connectivity index (χ3v) is 5.87. The van der Waals surface area contributed by atoms with E-state index in [4.69, 9.17) is 0 Å². The smallest absolute Gasteiger partial charge is 0.224 e. The minimum Gasteiger partial charge on any atom is -0.341 e. The fourth-order valence-corrected chi connectivity index (χ4v) is 4.41. The van der Waals surface area contributed by atoms with Crippen molar-refractivity contribution in [1.29, 1.82) is 0 Å². The number of amides is 1. The van der Waals surface area contributed by atoms with E-state index in [0.717, 1.165) is 31.1 Å². The van der Waals surface area contributed by atoms with Crippen molar-refractivity contribution in [3.63, 3.8) is 0 Å². The third kappa shape index (κ3) is 4.07. The van der Waals surface area contributed by atoms with Crippen molar-refractivity contribution in [3.05, 3.63) is 0 Å². The minimum atomic E-state index is 0.351. The molecule has 0 aromatic heterocycles. The molecule has 0 spiro atoms. The zero-order valence-corrected chi connectivity index (χ0v) is 12.1. The van der Waals surface area contributed by atoms with Gasteiger partial charge in [0.05, 0.1) is 0 Å². The molecule has 0 aromatic rings. The summed E-state index contributed by atoms with van der Waals surface area (Å²) in [4.78, 5) is 14.3. The number of hydrogen-bond acceptors (Lipinski definition) is 4. The average molecular weight is 274 g/mol. The molecule has 2 atom stereocenters. The Morgan fingerprint density at radius 3 is 3.06 bits per heavy atom. The topological polar surface area (TPSA) is 32.3 Å². The van der Waals surface area contributed by atoms with Crippen LogP contribution in [-0.2, 0) is 4.79 Å². The van der Waals surface area contributed by atoms with Crippen molar-refractivity contribution in [2.24, 2.45) is 0 Å². The van der Waals surface area contributed by atoms with Gasteiger partial charge < -0.3 is 10.2 Å². The van der Waals surface area contributed by atoms with Crippen LogP contribution in [0.5, 0.6) is 0 Å². The zero-order valence-electron chi connectivity index (χ0n) is 10.5. The summed E-state index contributed by atoms with van der Waals surface area (Å²) in [6, 6.07) is 0.399. The van der Waals surface area contributed by atoms with Crippen LogP contribution in [0.15, 0.2) is 0 Å². The molecule has 98 valence electrons. The van der Waals surface area contributed by atoms with Crippen molar-refractivity contribution >= 4 is 29.4 Å². The Bertz CT molecular complexity index is 257. The first-order chi connectivity index (χ1) is 8.29. The lowest BCUT2D eigenvalue weighted by atomic mass is 10.2. The molecule has 2 aliphatic rings. The Labute approximate surface area is 112 Å². The van der Waals surface area contributed by atoms with Gasteiger partial charge in [0.15, 0.2) is 0 Å². The predicted octanol–water partition coefficient (Wildman–Crippen LogP) is 1.44. The highest BCUT2D eigenvalue weighted by atomic mass is 32.2.